The highest BCUT2D eigenvalue weighted by Gasteiger charge is 2.24. The lowest BCUT2D eigenvalue weighted by Gasteiger charge is -2.13. The van der Waals surface area contributed by atoms with Gasteiger partial charge in [-0.2, -0.15) is 0 Å². The Morgan fingerprint density at radius 1 is 1.09 bits per heavy atom. The van der Waals surface area contributed by atoms with E-state index in [1.807, 2.05) is 0 Å². The van der Waals surface area contributed by atoms with Gasteiger partial charge in [0.2, 0.25) is 11.7 Å². The molecular formula is C21H21Cl3N6O3. The molecule has 33 heavy (non-hydrogen) atoms. The molecule has 0 spiro atoms. The van der Waals surface area contributed by atoms with Crippen LogP contribution in [0.25, 0.3) is 5.69 Å². The number of ketones is 1. The summed E-state index contributed by atoms with van der Waals surface area (Å²) in [6, 6.07) is 11.3. The maximum absolute atomic E-state index is 13.3. The van der Waals surface area contributed by atoms with E-state index in [0.717, 1.165) is 0 Å². The van der Waals surface area contributed by atoms with Gasteiger partial charge in [0.15, 0.2) is 11.6 Å². The molecule has 0 radical (unpaired) electrons. The van der Waals surface area contributed by atoms with Crippen molar-refractivity contribution in [3.63, 3.8) is 0 Å². The van der Waals surface area contributed by atoms with E-state index in [4.69, 9.17) is 28.9 Å². The minimum Gasteiger partial charge on any atom is -0.348 e. The quantitative estimate of drug-likeness (QED) is 0.470. The van der Waals surface area contributed by atoms with Gasteiger partial charge in [-0.05, 0) is 30.3 Å². The molecule has 0 atom stereocenters. The van der Waals surface area contributed by atoms with Gasteiger partial charge in [-0.15, -0.1) is 17.5 Å². The molecule has 3 N–H and O–H groups in total. The molecule has 0 aliphatic heterocycles. The normalized spacial score (nSPS) is 10.3. The predicted molar refractivity (Wildman–Crippen MR) is 127 cm³/mol. The number of nitrogens with one attached hydrogen (secondary N) is 1. The largest absolute Gasteiger partial charge is 0.348 e. The SMILES string of the molecule is CN(C)C(=O)c1nc(CNC(=O)CN)n(-c2ccc(Cl)cc2C(=O)c2ccccc2Cl)n1.Cl. The molecule has 12 heteroatoms. The van der Waals surface area contributed by atoms with Gasteiger partial charge in [0.05, 0.1) is 23.8 Å². The van der Waals surface area contributed by atoms with Crippen molar-refractivity contribution < 1.29 is 14.4 Å². The zero-order valence-electron chi connectivity index (χ0n) is 17.7. The molecule has 0 aliphatic rings. The maximum Gasteiger partial charge on any atom is 0.293 e. The van der Waals surface area contributed by atoms with Gasteiger partial charge >= 0.3 is 0 Å². The van der Waals surface area contributed by atoms with Crippen molar-refractivity contribution in [3.05, 3.63) is 75.3 Å². The number of nitrogens with two attached hydrogens (primary N) is 1. The maximum atomic E-state index is 13.3. The van der Waals surface area contributed by atoms with Crippen molar-refractivity contribution in [2.75, 3.05) is 20.6 Å². The molecule has 2 amide bonds. The molecule has 174 valence electrons. The van der Waals surface area contributed by atoms with Gasteiger partial charge in [-0.1, -0.05) is 35.3 Å². The summed E-state index contributed by atoms with van der Waals surface area (Å²) in [5.41, 5.74) is 6.15. The first-order valence-electron chi connectivity index (χ1n) is 9.46. The van der Waals surface area contributed by atoms with Gasteiger partial charge in [-0.25, -0.2) is 9.67 Å². The molecule has 1 aromatic heterocycles. The monoisotopic (exact) mass is 510 g/mol. The smallest absolute Gasteiger partial charge is 0.293 e. The molecule has 1 heterocycles. The Bertz CT molecular complexity index is 1200. The Labute approximate surface area is 206 Å². The van der Waals surface area contributed by atoms with Gasteiger partial charge < -0.3 is 16.0 Å². The molecular weight excluding hydrogens is 491 g/mol. The van der Waals surface area contributed by atoms with Crippen molar-refractivity contribution in [2.24, 2.45) is 5.73 Å². The molecule has 0 aliphatic carbocycles. The van der Waals surface area contributed by atoms with Crippen LogP contribution in [0.4, 0.5) is 0 Å². The number of benzene rings is 2. The average Bonchev–Trinajstić information content (AvgIpc) is 3.20. The van der Waals surface area contributed by atoms with E-state index >= 15 is 0 Å². The summed E-state index contributed by atoms with van der Waals surface area (Å²) >= 11 is 12.4. The van der Waals surface area contributed by atoms with E-state index in [9.17, 15) is 14.4 Å². The molecule has 0 saturated heterocycles. The minimum absolute atomic E-state index is 0. The first-order chi connectivity index (χ1) is 15.2. The van der Waals surface area contributed by atoms with Gasteiger partial charge in [0.1, 0.15) is 0 Å². The standard InChI is InChI=1S/C21H20Cl2N6O3.ClH/c1-28(2)21(32)20-26-17(11-25-18(30)10-24)29(27-20)16-8-7-12(22)9-14(16)19(31)13-5-3-4-6-15(13)23;/h3-9H,10-11,24H2,1-2H3,(H,25,30);1H. The highest BCUT2D eigenvalue weighted by Crippen LogP contribution is 2.26. The van der Waals surface area contributed by atoms with E-state index in [0.29, 0.717) is 10.7 Å². The molecule has 3 rings (SSSR count). The van der Waals surface area contributed by atoms with Crippen molar-refractivity contribution in [1.29, 1.82) is 0 Å². The van der Waals surface area contributed by atoms with Crippen LogP contribution in [0, 0.1) is 0 Å². The molecule has 9 nitrogen and oxygen atoms in total. The summed E-state index contributed by atoms with van der Waals surface area (Å²) in [6.07, 6.45) is 0. The van der Waals surface area contributed by atoms with Crippen LogP contribution >= 0.6 is 35.6 Å². The number of amides is 2. The summed E-state index contributed by atoms with van der Waals surface area (Å²) in [6.45, 7) is -0.277. The number of rotatable bonds is 7. The van der Waals surface area contributed by atoms with E-state index in [1.165, 1.54) is 15.6 Å². The fourth-order valence-electron chi connectivity index (χ4n) is 2.86. The van der Waals surface area contributed by atoms with Crippen molar-refractivity contribution in [1.82, 2.24) is 25.0 Å². The summed E-state index contributed by atoms with van der Waals surface area (Å²) in [5, 5.41) is 7.50. The van der Waals surface area contributed by atoms with Gasteiger partial charge in [0, 0.05) is 30.2 Å². The fraction of sp³-hybridized carbons (Fsp3) is 0.190. The lowest BCUT2D eigenvalue weighted by molar-refractivity contribution is -0.119. The summed E-state index contributed by atoms with van der Waals surface area (Å²) in [4.78, 5) is 43.0. The predicted octanol–water partition coefficient (Wildman–Crippen LogP) is 2.50. The minimum atomic E-state index is -0.442. The first kappa shape index (κ1) is 26.3. The molecule has 2 aromatic carbocycles. The number of halogens is 3. The highest BCUT2D eigenvalue weighted by atomic mass is 35.5. The lowest BCUT2D eigenvalue weighted by Crippen LogP contribution is -2.30. The number of hydrogen-bond acceptors (Lipinski definition) is 6. The molecule has 0 unspecified atom stereocenters. The lowest BCUT2D eigenvalue weighted by atomic mass is 10.0. The van der Waals surface area contributed by atoms with Crippen LogP contribution in [0.15, 0.2) is 42.5 Å². The van der Waals surface area contributed by atoms with E-state index in [1.54, 1.807) is 50.5 Å². The van der Waals surface area contributed by atoms with Crippen LogP contribution < -0.4 is 11.1 Å². The molecule has 0 bridgehead atoms. The fourth-order valence-corrected chi connectivity index (χ4v) is 3.25. The Balaban J connectivity index is 0.00000385. The van der Waals surface area contributed by atoms with E-state index in [2.05, 4.69) is 15.4 Å². The van der Waals surface area contributed by atoms with E-state index < -0.39 is 11.8 Å². The third-order valence-electron chi connectivity index (χ3n) is 4.45. The summed E-state index contributed by atoms with van der Waals surface area (Å²) < 4.78 is 1.33. The Morgan fingerprint density at radius 3 is 2.42 bits per heavy atom. The molecule has 3 aromatic rings. The van der Waals surface area contributed by atoms with Gasteiger partial charge in [-0.3, -0.25) is 14.4 Å². The van der Waals surface area contributed by atoms with Crippen LogP contribution in [0.2, 0.25) is 10.0 Å². The number of nitrogens with zero attached hydrogens (tertiary/aromatic N) is 4. The van der Waals surface area contributed by atoms with Crippen LogP contribution in [0.1, 0.15) is 32.4 Å². The van der Waals surface area contributed by atoms with Crippen molar-refractivity contribution in [3.8, 4) is 5.69 Å². The first-order valence-corrected chi connectivity index (χ1v) is 10.2. The summed E-state index contributed by atoms with van der Waals surface area (Å²) in [5.74, 6) is -1.11. The van der Waals surface area contributed by atoms with Gasteiger partial charge in [0.25, 0.3) is 5.91 Å². The number of carbonyl (C=O) groups is 3. The van der Waals surface area contributed by atoms with Crippen LogP contribution in [0.5, 0.6) is 0 Å². The Morgan fingerprint density at radius 2 is 1.79 bits per heavy atom. The topological polar surface area (TPSA) is 123 Å². The second-order valence-electron chi connectivity index (χ2n) is 6.91. The van der Waals surface area contributed by atoms with E-state index in [-0.39, 0.29) is 59.1 Å². The number of carbonyl (C=O) groups excluding carboxylic acids is 3. The van der Waals surface area contributed by atoms with Crippen molar-refractivity contribution >= 4 is 53.2 Å². The average molecular weight is 512 g/mol. The Hall–Kier alpha value is -2.98. The second-order valence-corrected chi connectivity index (χ2v) is 7.76. The molecule has 0 fully saturated rings. The third-order valence-corrected chi connectivity index (χ3v) is 5.02. The number of hydrogen-bond donors (Lipinski definition) is 2. The van der Waals surface area contributed by atoms with Crippen molar-refractivity contribution in [2.45, 2.75) is 6.54 Å². The third kappa shape index (κ3) is 5.88. The van der Waals surface area contributed by atoms with Crippen LogP contribution in [0.3, 0.4) is 0 Å². The van der Waals surface area contributed by atoms with Crippen LogP contribution in [-0.4, -0.2) is 57.9 Å². The van der Waals surface area contributed by atoms with Crippen LogP contribution in [-0.2, 0) is 11.3 Å². The molecule has 0 saturated carbocycles. The Kier molecular flexibility index (Phi) is 8.95. The zero-order valence-corrected chi connectivity index (χ0v) is 20.0. The zero-order chi connectivity index (χ0) is 23.4. The number of aromatic nitrogens is 3. The second kappa shape index (κ2) is 11.2. The summed E-state index contributed by atoms with van der Waals surface area (Å²) in [7, 11) is 3.13. The highest BCUT2D eigenvalue weighted by molar-refractivity contribution is 6.35.